The molecule has 0 amide bonds. The van der Waals surface area contributed by atoms with E-state index in [-0.39, 0.29) is 5.97 Å². The fraction of sp³-hybridized carbons (Fsp3) is 0.500. The molecular formula is C30H36N4O3. The van der Waals surface area contributed by atoms with Crippen LogP contribution in [-0.4, -0.2) is 67.9 Å². The summed E-state index contributed by atoms with van der Waals surface area (Å²) in [4.78, 5) is 26.5. The lowest BCUT2D eigenvalue weighted by Crippen LogP contribution is -2.49. The van der Waals surface area contributed by atoms with Crippen LogP contribution < -0.4 is 4.90 Å². The Kier molecular flexibility index (Phi) is 7.32. The molecule has 1 aliphatic carbocycles. The zero-order chi connectivity index (χ0) is 26.0. The number of piperidine rings is 1. The number of ether oxygens (including phenoxy) is 2. The molecule has 3 heterocycles. The minimum absolute atomic E-state index is 0.292. The lowest BCUT2D eigenvalue weighted by atomic mass is 9.75. The highest BCUT2D eigenvalue weighted by atomic mass is 16.5. The summed E-state index contributed by atoms with van der Waals surface area (Å²) in [6.07, 6.45) is 4.78. The molecule has 2 aromatic rings. The highest BCUT2D eigenvalue weighted by Gasteiger charge is 2.37. The first-order chi connectivity index (χ1) is 17.9. The maximum absolute atomic E-state index is 13.2. The number of esters is 1. The Balaban J connectivity index is 1.40. The van der Waals surface area contributed by atoms with Crippen LogP contribution in [-0.2, 0) is 26.1 Å². The molecule has 0 atom stereocenters. The topological polar surface area (TPSA) is 59.3 Å². The lowest BCUT2D eigenvalue weighted by Gasteiger charge is -2.40. The predicted octanol–water partition coefficient (Wildman–Crippen LogP) is 4.78. The number of aromatic nitrogens is 1. The molecule has 5 rings (SSSR count). The van der Waals surface area contributed by atoms with E-state index < -0.39 is 5.41 Å². The summed E-state index contributed by atoms with van der Waals surface area (Å²) in [5.41, 5.74) is 4.88. The summed E-state index contributed by atoms with van der Waals surface area (Å²) in [5, 5.41) is 0. The molecule has 0 bridgehead atoms. The first-order valence-corrected chi connectivity index (χ1v) is 13.4. The third-order valence-corrected chi connectivity index (χ3v) is 8.21. The van der Waals surface area contributed by atoms with Crippen molar-refractivity contribution in [3.63, 3.8) is 0 Å². The first-order valence-electron chi connectivity index (χ1n) is 13.4. The molecule has 2 saturated heterocycles. The van der Waals surface area contributed by atoms with Crippen molar-refractivity contribution in [3.8, 4) is 0 Å². The molecule has 0 unspecified atom stereocenters. The number of allylic oxidation sites excluding steroid dienone is 1. The third-order valence-electron chi connectivity index (χ3n) is 8.21. The summed E-state index contributed by atoms with van der Waals surface area (Å²) in [7, 11) is 0. The number of benzene rings is 1. The number of hydrogen-bond acceptors (Lipinski definition) is 6. The van der Waals surface area contributed by atoms with Crippen LogP contribution in [0.1, 0.15) is 50.3 Å². The molecule has 2 aliphatic heterocycles. The van der Waals surface area contributed by atoms with Gasteiger partial charge in [0.2, 0.25) is 0 Å². The van der Waals surface area contributed by atoms with Gasteiger partial charge >= 0.3 is 5.97 Å². The van der Waals surface area contributed by atoms with E-state index in [1.807, 2.05) is 25.3 Å². The molecule has 7 nitrogen and oxygen atoms in total. The monoisotopic (exact) mass is 500 g/mol. The Labute approximate surface area is 219 Å². The van der Waals surface area contributed by atoms with Crippen molar-refractivity contribution in [2.24, 2.45) is 0 Å². The quantitative estimate of drug-likeness (QED) is 0.420. The van der Waals surface area contributed by atoms with E-state index >= 15 is 0 Å². The Hall–Kier alpha value is -3.21. The van der Waals surface area contributed by atoms with Gasteiger partial charge in [0, 0.05) is 43.8 Å². The van der Waals surface area contributed by atoms with Crippen molar-refractivity contribution >= 4 is 23.0 Å². The molecule has 1 aromatic heterocycles. The van der Waals surface area contributed by atoms with Gasteiger partial charge in [0.1, 0.15) is 5.82 Å². The van der Waals surface area contributed by atoms with Gasteiger partial charge in [-0.3, -0.25) is 4.90 Å². The lowest BCUT2D eigenvalue weighted by molar-refractivity contribution is -0.136. The van der Waals surface area contributed by atoms with Crippen molar-refractivity contribution in [1.29, 1.82) is 0 Å². The molecule has 1 aromatic carbocycles. The van der Waals surface area contributed by atoms with Crippen LogP contribution in [0.5, 0.6) is 0 Å². The van der Waals surface area contributed by atoms with Gasteiger partial charge in [-0.25, -0.2) is 14.6 Å². The molecule has 7 heteroatoms. The predicted molar refractivity (Wildman–Crippen MR) is 145 cm³/mol. The minimum atomic E-state index is -0.413. The maximum atomic E-state index is 13.2. The van der Waals surface area contributed by atoms with Crippen molar-refractivity contribution < 1.29 is 14.3 Å². The average Bonchev–Trinajstić information content (AvgIpc) is 3.34. The normalized spacial score (nSPS) is 19.0. The molecular weight excluding hydrogens is 464 g/mol. The number of rotatable bonds is 6. The van der Waals surface area contributed by atoms with Gasteiger partial charge in [0.15, 0.2) is 5.69 Å². The summed E-state index contributed by atoms with van der Waals surface area (Å²) in [6, 6.07) is 10.5. The Bertz CT molecular complexity index is 1230. The number of nitrogens with zero attached hydrogens (tertiary/aromatic N) is 4. The van der Waals surface area contributed by atoms with Crippen LogP contribution in [0.3, 0.4) is 0 Å². The molecule has 0 N–H and O–H groups in total. The van der Waals surface area contributed by atoms with Gasteiger partial charge in [0.05, 0.1) is 32.0 Å². The van der Waals surface area contributed by atoms with Crippen molar-refractivity contribution in [2.45, 2.75) is 51.5 Å². The second-order valence-corrected chi connectivity index (χ2v) is 10.6. The van der Waals surface area contributed by atoms with Crippen molar-refractivity contribution in [1.82, 2.24) is 9.88 Å². The SMILES string of the molecule is [C-]#[N+]c1ccc2c(c1)CC(C(C)(C)c1ccnc(N3CCC(N4CCOCC4)CC3)c1)=C2C(=O)OCC. The molecule has 194 valence electrons. The van der Waals surface area contributed by atoms with E-state index in [0.29, 0.717) is 30.3 Å². The van der Waals surface area contributed by atoms with E-state index in [9.17, 15) is 4.79 Å². The van der Waals surface area contributed by atoms with E-state index in [1.54, 1.807) is 6.07 Å². The number of hydrogen-bond donors (Lipinski definition) is 0. The summed E-state index contributed by atoms with van der Waals surface area (Å²) in [6.45, 7) is 19.6. The highest BCUT2D eigenvalue weighted by molar-refractivity contribution is 6.19. The second kappa shape index (κ2) is 10.6. The van der Waals surface area contributed by atoms with Gasteiger partial charge in [-0.05, 0) is 60.6 Å². The standard InChI is InChI=1S/C30H36N4O3/c1-5-37-29(35)28-25-7-6-23(31-4)18-21(25)19-26(28)30(2,3)22-8-11-32-27(20-22)34-12-9-24(10-13-34)33-14-16-36-17-15-33/h6-8,11,18,20,24H,5,9-10,12-17,19H2,1-3H3. The third kappa shape index (κ3) is 5.01. The smallest absolute Gasteiger partial charge is 0.338 e. The average molecular weight is 501 g/mol. The van der Waals surface area contributed by atoms with Crippen LogP contribution in [0.4, 0.5) is 11.5 Å². The zero-order valence-electron chi connectivity index (χ0n) is 22.1. The largest absolute Gasteiger partial charge is 0.462 e. The van der Waals surface area contributed by atoms with Gasteiger partial charge in [-0.15, -0.1) is 0 Å². The number of morpholine rings is 1. The van der Waals surface area contributed by atoms with Gasteiger partial charge in [-0.1, -0.05) is 32.0 Å². The van der Waals surface area contributed by atoms with Crippen LogP contribution in [0.15, 0.2) is 42.1 Å². The molecule has 3 aliphatic rings. The first kappa shape index (κ1) is 25.4. The number of anilines is 1. The second-order valence-electron chi connectivity index (χ2n) is 10.6. The minimum Gasteiger partial charge on any atom is -0.462 e. The van der Waals surface area contributed by atoms with Crippen LogP contribution in [0.2, 0.25) is 0 Å². The molecule has 0 radical (unpaired) electrons. The Morgan fingerprint density at radius 2 is 1.92 bits per heavy atom. The van der Waals surface area contributed by atoms with E-state index in [0.717, 1.165) is 80.3 Å². The molecule has 37 heavy (non-hydrogen) atoms. The van der Waals surface area contributed by atoms with Crippen LogP contribution >= 0.6 is 0 Å². The van der Waals surface area contributed by atoms with Crippen LogP contribution in [0.25, 0.3) is 10.4 Å². The Morgan fingerprint density at radius 1 is 1.16 bits per heavy atom. The number of pyridine rings is 1. The summed E-state index contributed by atoms with van der Waals surface area (Å²) >= 11 is 0. The number of carbonyl (C=O) groups excluding carboxylic acids is 1. The summed E-state index contributed by atoms with van der Waals surface area (Å²) in [5.74, 6) is 0.703. The number of carbonyl (C=O) groups is 1. The molecule has 0 spiro atoms. The van der Waals surface area contributed by atoms with Gasteiger partial charge in [0.25, 0.3) is 0 Å². The van der Waals surface area contributed by atoms with E-state index in [1.165, 1.54) is 0 Å². The molecule has 0 saturated carbocycles. The van der Waals surface area contributed by atoms with Crippen molar-refractivity contribution in [3.05, 3.63) is 70.2 Å². The molecule has 2 fully saturated rings. The van der Waals surface area contributed by atoms with Crippen molar-refractivity contribution in [2.75, 3.05) is 50.9 Å². The fourth-order valence-electron chi connectivity index (χ4n) is 6.01. The summed E-state index contributed by atoms with van der Waals surface area (Å²) < 4.78 is 11.0. The van der Waals surface area contributed by atoms with Gasteiger partial charge < -0.3 is 14.4 Å². The van der Waals surface area contributed by atoms with E-state index in [2.05, 4.69) is 40.6 Å². The highest BCUT2D eigenvalue weighted by Crippen LogP contribution is 2.45. The Morgan fingerprint density at radius 3 is 2.62 bits per heavy atom. The van der Waals surface area contributed by atoms with E-state index in [4.69, 9.17) is 21.0 Å². The zero-order valence-corrected chi connectivity index (χ0v) is 22.1. The maximum Gasteiger partial charge on any atom is 0.338 e. The van der Waals surface area contributed by atoms with Gasteiger partial charge in [-0.2, -0.15) is 0 Å². The fourth-order valence-corrected chi connectivity index (χ4v) is 6.01. The van der Waals surface area contributed by atoms with Crippen LogP contribution in [0, 0.1) is 6.57 Å². The number of fused-ring (bicyclic) bond motifs is 1.